The van der Waals surface area contributed by atoms with Gasteiger partial charge in [0, 0.05) is 17.1 Å². The Labute approximate surface area is 148 Å². The van der Waals surface area contributed by atoms with Crippen molar-refractivity contribution in [1.82, 2.24) is 0 Å². The minimum atomic E-state index is -0.894. The van der Waals surface area contributed by atoms with Gasteiger partial charge in [-0.3, -0.25) is 0 Å². The fourth-order valence-electron chi connectivity index (χ4n) is 4.58. The highest BCUT2D eigenvalue weighted by Crippen LogP contribution is 2.57. The average molecular weight is 346 g/mol. The first-order valence-corrected chi connectivity index (χ1v) is 8.78. The Bertz CT molecular complexity index is 676. The van der Waals surface area contributed by atoms with Crippen LogP contribution in [-0.4, -0.2) is 35.4 Å². The topological polar surface area (TPSA) is 72.8 Å². The third kappa shape index (κ3) is 2.84. The fourth-order valence-corrected chi connectivity index (χ4v) is 4.58. The molecular formula is C20H26O5. The number of ether oxygens (including phenoxy) is 2. The number of aliphatic hydroxyl groups excluding tert-OH is 1. The first-order chi connectivity index (χ1) is 11.7. The van der Waals surface area contributed by atoms with Crippen molar-refractivity contribution in [2.45, 2.75) is 58.3 Å². The molecule has 0 spiro atoms. The molecule has 0 bridgehead atoms. The van der Waals surface area contributed by atoms with Crippen molar-refractivity contribution in [2.24, 2.45) is 17.3 Å². The molecule has 3 rings (SSSR count). The number of fused-ring (bicyclic) bond motifs is 2. The maximum atomic E-state index is 12.1. The maximum Gasteiger partial charge on any atom is 0.334 e. The monoisotopic (exact) mass is 346 g/mol. The molecule has 2 saturated carbocycles. The average Bonchev–Trinajstić information content (AvgIpc) is 2.83. The Kier molecular flexibility index (Phi) is 4.40. The summed E-state index contributed by atoms with van der Waals surface area (Å²) in [6.07, 6.45) is 1.85. The first-order valence-electron chi connectivity index (χ1n) is 8.78. The van der Waals surface area contributed by atoms with E-state index in [1.807, 2.05) is 0 Å². The number of aliphatic hydroxyl groups is 1. The van der Waals surface area contributed by atoms with Crippen molar-refractivity contribution in [3.05, 3.63) is 36.0 Å². The van der Waals surface area contributed by atoms with Crippen LogP contribution in [0.4, 0.5) is 0 Å². The molecular weight excluding hydrogens is 320 g/mol. The van der Waals surface area contributed by atoms with Crippen LogP contribution in [0, 0.1) is 17.3 Å². The highest BCUT2D eigenvalue weighted by atomic mass is 16.6. The molecule has 6 unspecified atom stereocenters. The molecule has 3 aliphatic rings. The van der Waals surface area contributed by atoms with Gasteiger partial charge < -0.3 is 14.6 Å². The lowest BCUT2D eigenvalue weighted by atomic mass is 9.54. The summed E-state index contributed by atoms with van der Waals surface area (Å²) in [6, 6.07) is 0. The molecule has 1 heterocycles. The van der Waals surface area contributed by atoms with E-state index in [1.165, 1.54) is 0 Å². The number of esters is 2. The maximum absolute atomic E-state index is 12.1. The quantitative estimate of drug-likeness (QED) is 0.473. The van der Waals surface area contributed by atoms with E-state index in [1.54, 1.807) is 19.9 Å². The van der Waals surface area contributed by atoms with Gasteiger partial charge in [0.15, 0.2) is 0 Å². The molecule has 25 heavy (non-hydrogen) atoms. The second-order valence-corrected chi connectivity index (χ2v) is 7.86. The van der Waals surface area contributed by atoms with E-state index in [9.17, 15) is 14.7 Å². The molecule has 5 nitrogen and oxygen atoms in total. The van der Waals surface area contributed by atoms with Crippen molar-refractivity contribution in [1.29, 1.82) is 0 Å². The predicted octanol–water partition coefficient (Wildman–Crippen LogP) is 2.70. The minimum absolute atomic E-state index is 0.0149. The van der Waals surface area contributed by atoms with Gasteiger partial charge in [-0.15, -0.1) is 0 Å². The summed E-state index contributed by atoms with van der Waals surface area (Å²) < 4.78 is 11.0. The van der Waals surface area contributed by atoms with Crippen LogP contribution in [0.15, 0.2) is 36.0 Å². The minimum Gasteiger partial charge on any atom is -0.458 e. The lowest BCUT2D eigenvalue weighted by molar-refractivity contribution is -0.159. The van der Waals surface area contributed by atoms with Crippen molar-refractivity contribution >= 4 is 11.9 Å². The fraction of sp³-hybridized carbons (Fsp3) is 0.600. The number of rotatable bonds is 2. The molecule has 1 N–H and O–H groups in total. The van der Waals surface area contributed by atoms with E-state index < -0.39 is 18.2 Å². The van der Waals surface area contributed by atoms with Gasteiger partial charge in [-0.1, -0.05) is 26.2 Å². The van der Waals surface area contributed by atoms with Crippen LogP contribution in [0.2, 0.25) is 0 Å². The Morgan fingerprint density at radius 3 is 2.72 bits per heavy atom. The second-order valence-electron chi connectivity index (χ2n) is 7.86. The first kappa shape index (κ1) is 17.9. The van der Waals surface area contributed by atoms with E-state index in [4.69, 9.17) is 9.47 Å². The van der Waals surface area contributed by atoms with E-state index in [2.05, 4.69) is 20.1 Å². The third-order valence-corrected chi connectivity index (χ3v) is 6.28. The molecule has 0 aromatic heterocycles. The molecule has 0 radical (unpaired) electrons. The number of allylic oxidation sites excluding steroid dienone is 1. The van der Waals surface area contributed by atoms with E-state index in [-0.39, 0.29) is 29.3 Å². The molecule has 0 aromatic rings. The van der Waals surface area contributed by atoms with Gasteiger partial charge in [-0.05, 0) is 50.0 Å². The summed E-state index contributed by atoms with van der Waals surface area (Å²) >= 11 is 0. The summed E-state index contributed by atoms with van der Waals surface area (Å²) in [7, 11) is 0. The summed E-state index contributed by atoms with van der Waals surface area (Å²) in [6.45, 7) is 13.5. The van der Waals surface area contributed by atoms with E-state index in [0.717, 1.165) is 0 Å². The summed E-state index contributed by atoms with van der Waals surface area (Å²) in [5.74, 6) is -0.711. The SMILES string of the molecule is C=C1C(=O)OC2CC3(C)CC(OC(=O)C(C)=CC)C(O)C(=C)C3CC12. The molecule has 3 fully saturated rings. The standard InChI is InChI=1S/C20H26O5/c1-6-10(2)18(22)25-16-9-20(5)8-15-13(11(3)19(23)24-15)7-14(20)12(4)17(16)21/h6,13-17,21H,3-4,7-9H2,1-2,5H3. The van der Waals surface area contributed by atoms with Gasteiger partial charge in [0.2, 0.25) is 0 Å². The van der Waals surface area contributed by atoms with Crippen molar-refractivity contribution < 1.29 is 24.2 Å². The van der Waals surface area contributed by atoms with E-state index in [0.29, 0.717) is 36.0 Å². The Morgan fingerprint density at radius 1 is 1.40 bits per heavy atom. The van der Waals surface area contributed by atoms with Crippen LogP contribution in [-0.2, 0) is 19.1 Å². The van der Waals surface area contributed by atoms with Crippen LogP contribution in [0.1, 0.15) is 40.0 Å². The van der Waals surface area contributed by atoms with Gasteiger partial charge in [0.25, 0.3) is 0 Å². The molecule has 0 aromatic carbocycles. The highest BCUT2D eigenvalue weighted by molar-refractivity contribution is 5.91. The summed E-state index contributed by atoms with van der Waals surface area (Å²) in [4.78, 5) is 24.0. The van der Waals surface area contributed by atoms with Gasteiger partial charge in [0.05, 0.1) is 0 Å². The molecule has 5 heteroatoms. The second kappa shape index (κ2) is 6.13. The van der Waals surface area contributed by atoms with Crippen LogP contribution >= 0.6 is 0 Å². The lowest BCUT2D eigenvalue weighted by Gasteiger charge is -2.52. The highest BCUT2D eigenvalue weighted by Gasteiger charge is 2.56. The molecule has 6 atom stereocenters. The lowest BCUT2D eigenvalue weighted by Crippen LogP contribution is -2.52. The Balaban J connectivity index is 1.83. The van der Waals surface area contributed by atoms with Crippen molar-refractivity contribution in [2.75, 3.05) is 0 Å². The molecule has 136 valence electrons. The Hall–Kier alpha value is -1.88. The number of carbonyl (C=O) groups is 2. The van der Waals surface area contributed by atoms with Crippen LogP contribution in [0.5, 0.6) is 0 Å². The predicted molar refractivity (Wildman–Crippen MR) is 92.4 cm³/mol. The van der Waals surface area contributed by atoms with Crippen LogP contribution in [0.25, 0.3) is 0 Å². The number of hydrogen-bond donors (Lipinski definition) is 1. The summed E-state index contributed by atoms with van der Waals surface area (Å²) in [5.41, 5.74) is 1.47. The molecule has 1 saturated heterocycles. The number of hydrogen-bond acceptors (Lipinski definition) is 5. The van der Waals surface area contributed by atoms with Crippen molar-refractivity contribution in [3.63, 3.8) is 0 Å². The third-order valence-electron chi connectivity index (χ3n) is 6.28. The summed E-state index contributed by atoms with van der Waals surface area (Å²) in [5, 5.41) is 10.6. The van der Waals surface area contributed by atoms with Crippen LogP contribution in [0.3, 0.4) is 0 Å². The smallest absolute Gasteiger partial charge is 0.334 e. The van der Waals surface area contributed by atoms with Gasteiger partial charge in [-0.25, -0.2) is 9.59 Å². The largest absolute Gasteiger partial charge is 0.458 e. The van der Waals surface area contributed by atoms with Crippen molar-refractivity contribution in [3.8, 4) is 0 Å². The molecule has 0 amide bonds. The molecule has 2 aliphatic carbocycles. The van der Waals surface area contributed by atoms with Gasteiger partial charge >= 0.3 is 11.9 Å². The normalized spacial score (nSPS) is 41.0. The zero-order valence-electron chi connectivity index (χ0n) is 15.1. The Morgan fingerprint density at radius 2 is 2.08 bits per heavy atom. The molecule has 1 aliphatic heterocycles. The zero-order chi connectivity index (χ0) is 18.5. The van der Waals surface area contributed by atoms with Gasteiger partial charge in [-0.2, -0.15) is 0 Å². The van der Waals surface area contributed by atoms with E-state index >= 15 is 0 Å². The zero-order valence-corrected chi connectivity index (χ0v) is 15.1. The van der Waals surface area contributed by atoms with Gasteiger partial charge in [0.1, 0.15) is 18.3 Å². The number of carbonyl (C=O) groups excluding carboxylic acids is 2. The van der Waals surface area contributed by atoms with Crippen LogP contribution < -0.4 is 0 Å².